The molecule has 0 bridgehead atoms. The van der Waals surface area contributed by atoms with Crippen LogP contribution in [-0.4, -0.2) is 26.5 Å². The van der Waals surface area contributed by atoms with E-state index in [4.69, 9.17) is 0 Å². The maximum atomic E-state index is 12.0. The molecule has 0 aliphatic heterocycles. The molecule has 2 N–H and O–H groups in total. The summed E-state index contributed by atoms with van der Waals surface area (Å²) in [5.74, 6) is -0.191. The lowest BCUT2D eigenvalue weighted by Gasteiger charge is -2.17. The summed E-state index contributed by atoms with van der Waals surface area (Å²) in [4.78, 5) is 29.4. The van der Waals surface area contributed by atoms with Crippen molar-refractivity contribution in [2.24, 2.45) is 0 Å². The molecule has 0 aromatic carbocycles. The second kappa shape index (κ2) is 5.99. The fraction of sp³-hybridized carbons (Fsp3) is 0.308. The number of carbonyl (C=O) groups is 1. The molecule has 2 heterocycles. The van der Waals surface area contributed by atoms with Crippen molar-refractivity contribution in [1.29, 1.82) is 0 Å². The van der Waals surface area contributed by atoms with Crippen LogP contribution in [0.3, 0.4) is 0 Å². The molecule has 0 aliphatic rings. The van der Waals surface area contributed by atoms with Gasteiger partial charge in [0.1, 0.15) is 0 Å². The number of aromatic nitrogens is 3. The monoisotopic (exact) mass is 260 g/mol. The van der Waals surface area contributed by atoms with Crippen molar-refractivity contribution >= 4 is 5.91 Å². The first-order valence-corrected chi connectivity index (χ1v) is 6.14. The van der Waals surface area contributed by atoms with E-state index in [1.807, 2.05) is 17.7 Å². The third kappa shape index (κ3) is 3.54. The Labute approximate surface area is 110 Å². The molecule has 6 heteroatoms. The zero-order chi connectivity index (χ0) is 13.7. The Bertz CT molecular complexity index is 568. The number of nitrogens with one attached hydrogen (secondary N) is 2. The van der Waals surface area contributed by atoms with E-state index in [0.29, 0.717) is 12.1 Å². The third-order valence-electron chi connectivity index (χ3n) is 2.86. The molecule has 0 saturated carbocycles. The number of hydrogen-bond acceptors (Lipinski definition) is 3. The van der Waals surface area contributed by atoms with Crippen molar-refractivity contribution < 1.29 is 4.79 Å². The Kier molecular flexibility index (Phi) is 4.12. The number of H-pyrrole nitrogens is 1. The SMILES string of the molecule is CCC(Cn1ccnc1)NC(=O)c1ccc(=O)[nH]c1. The lowest BCUT2D eigenvalue weighted by Crippen LogP contribution is -2.37. The van der Waals surface area contributed by atoms with Crippen LogP contribution >= 0.6 is 0 Å². The molecule has 19 heavy (non-hydrogen) atoms. The van der Waals surface area contributed by atoms with Crippen LogP contribution in [0.1, 0.15) is 23.7 Å². The highest BCUT2D eigenvalue weighted by Gasteiger charge is 2.12. The standard InChI is InChI=1S/C13H16N4O2/c1-2-11(8-17-6-5-14-9-17)16-13(19)10-3-4-12(18)15-7-10/h3-7,9,11H,2,8H2,1H3,(H,15,18)(H,16,19). The van der Waals surface area contributed by atoms with Gasteiger partial charge in [0.25, 0.3) is 5.91 Å². The van der Waals surface area contributed by atoms with Crippen LogP contribution in [-0.2, 0) is 6.54 Å². The van der Waals surface area contributed by atoms with Crippen molar-refractivity contribution in [1.82, 2.24) is 19.9 Å². The number of pyridine rings is 1. The molecule has 2 rings (SSSR count). The minimum Gasteiger partial charge on any atom is -0.347 e. The summed E-state index contributed by atoms with van der Waals surface area (Å²) in [6.07, 6.45) is 7.51. The van der Waals surface area contributed by atoms with Crippen LogP contribution in [0, 0.1) is 0 Å². The lowest BCUT2D eigenvalue weighted by molar-refractivity contribution is 0.0931. The molecule has 100 valence electrons. The summed E-state index contributed by atoms with van der Waals surface area (Å²) in [6, 6.07) is 2.87. The van der Waals surface area contributed by atoms with Gasteiger partial charge in [-0.3, -0.25) is 9.59 Å². The van der Waals surface area contributed by atoms with Gasteiger partial charge in [-0.05, 0) is 12.5 Å². The van der Waals surface area contributed by atoms with E-state index in [9.17, 15) is 9.59 Å². The summed E-state index contributed by atoms with van der Waals surface area (Å²) in [6.45, 7) is 2.68. The average Bonchev–Trinajstić information content (AvgIpc) is 2.91. The van der Waals surface area contributed by atoms with Crippen molar-refractivity contribution in [2.45, 2.75) is 25.9 Å². The van der Waals surface area contributed by atoms with E-state index in [1.54, 1.807) is 12.5 Å². The summed E-state index contributed by atoms with van der Waals surface area (Å²) < 4.78 is 1.92. The van der Waals surface area contributed by atoms with Crippen molar-refractivity contribution in [3.05, 3.63) is 53.0 Å². The molecule has 1 unspecified atom stereocenters. The van der Waals surface area contributed by atoms with Gasteiger partial charge in [-0.2, -0.15) is 0 Å². The topological polar surface area (TPSA) is 79.8 Å². The second-order valence-corrected chi connectivity index (χ2v) is 4.28. The van der Waals surface area contributed by atoms with E-state index in [-0.39, 0.29) is 17.5 Å². The Hall–Kier alpha value is -2.37. The van der Waals surface area contributed by atoms with E-state index in [1.165, 1.54) is 18.3 Å². The van der Waals surface area contributed by atoms with Crippen LogP contribution in [0.25, 0.3) is 0 Å². The molecule has 0 saturated heterocycles. The Morgan fingerprint density at radius 3 is 2.95 bits per heavy atom. The number of amides is 1. The number of carbonyl (C=O) groups excluding carboxylic acids is 1. The summed E-state index contributed by atoms with van der Waals surface area (Å²) >= 11 is 0. The Morgan fingerprint density at radius 1 is 1.53 bits per heavy atom. The predicted octanol–water partition coefficient (Wildman–Crippen LogP) is 0.780. The maximum absolute atomic E-state index is 12.0. The number of rotatable bonds is 5. The van der Waals surface area contributed by atoms with Crippen LogP contribution in [0.15, 0.2) is 41.8 Å². The minimum atomic E-state index is -0.220. The molecule has 0 aliphatic carbocycles. The van der Waals surface area contributed by atoms with Crippen LogP contribution in [0.4, 0.5) is 0 Å². The first kappa shape index (κ1) is 13.1. The molecular weight excluding hydrogens is 244 g/mol. The highest BCUT2D eigenvalue weighted by Crippen LogP contribution is 2.00. The van der Waals surface area contributed by atoms with Crippen LogP contribution in [0.5, 0.6) is 0 Å². The van der Waals surface area contributed by atoms with Gasteiger partial charge in [-0.15, -0.1) is 0 Å². The van der Waals surface area contributed by atoms with Crippen LogP contribution < -0.4 is 10.9 Å². The van der Waals surface area contributed by atoms with Crippen molar-refractivity contribution in [3.8, 4) is 0 Å². The third-order valence-corrected chi connectivity index (χ3v) is 2.86. The zero-order valence-corrected chi connectivity index (χ0v) is 10.7. The second-order valence-electron chi connectivity index (χ2n) is 4.28. The smallest absolute Gasteiger partial charge is 0.253 e. The molecule has 1 amide bonds. The first-order valence-electron chi connectivity index (χ1n) is 6.14. The van der Waals surface area contributed by atoms with Gasteiger partial charge < -0.3 is 14.9 Å². The maximum Gasteiger partial charge on any atom is 0.253 e. The zero-order valence-electron chi connectivity index (χ0n) is 10.7. The summed E-state index contributed by atoms with van der Waals surface area (Å²) in [7, 11) is 0. The molecule has 0 radical (unpaired) electrons. The lowest BCUT2D eigenvalue weighted by atomic mass is 10.2. The molecule has 0 fully saturated rings. The predicted molar refractivity (Wildman–Crippen MR) is 70.8 cm³/mol. The Balaban J connectivity index is 1.99. The highest BCUT2D eigenvalue weighted by molar-refractivity contribution is 5.93. The normalized spacial score (nSPS) is 12.1. The summed E-state index contributed by atoms with van der Waals surface area (Å²) in [5.41, 5.74) is 0.227. The van der Waals surface area contributed by atoms with E-state index < -0.39 is 0 Å². The minimum absolute atomic E-state index is 0.0219. The van der Waals surface area contributed by atoms with E-state index >= 15 is 0 Å². The van der Waals surface area contributed by atoms with Crippen LogP contribution in [0.2, 0.25) is 0 Å². The summed E-state index contributed by atoms with van der Waals surface area (Å²) in [5, 5.41) is 2.93. The van der Waals surface area contributed by atoms with Crippen molar-refractivity contribution in [3.63, 3.8) is 0 Å². The fourth-order valence-electron chi connectivity index (χ4n) is 1.75. The van der Waals surface area contributed by atoms with Gasteiger partial charge in [0, 0.05) is 37.2 Å². The number of aromatic amines is 1. The molecule has 1 atom stereocenters. The van der Waals surface area contributed by atoms with Gasteiger partial charge in [-0.25, -0.2) is 4.98 Å². The van der Waals surface area contributed by atoms with E-state index in [2.05, 4.69) is 15.3 Å². The molecule has 2 aromatic rings. The van der Waals surface area contributed by atoms with Gasteiger partial charge in [0.05, 0.1) is 11.9 Å². The number of nitrogens with zero attached hydrogens (tertiary/aromatic N) is 2. The number of imidazole rings is 1. The molecular formula is C13H16N4O2. The van der Waals surface area contributed by atoms with Gasteiger partial charge in [0.15, 0.2) is 0 Å². The molecule has 6 nitrogen and oxygen atoms in total. The number of hydrogen-bond donors (Lipinski definition) is 2. The quantitative estimate of drug-likeness (QED) is 0.833. The Morgan fingerprint density at radius 2 is 2.37 bits per heavy atom. The largest absolute Gasteiger partial charge is 0.347 e. The van der Waals surface area contributed by atoms with Gasteiger partial charge >= 0.3 is 0 Å². The van der Waals surface area contributed by atoms with Gasteiger partial charge in [0.2, 0.25) is 5.56 Å². The molecule has 0 spiro atoms. The molecule has 2 aromatic heterocycles. The van der Waals surface area contributed by atoms with Gasteiger partial charge in [-0.1, -0.05) is 6.92 Å². The van der Waals surface area contributed by atoms with E-state index in [0.717, 1.165) is 6.42 Å². The van der Waals surface area contributed by atoms with Crippen molar-refractivity contribution in [2.75, 3.05) is 0 Å². The highest BCUT2D eigenvalue weighted by atomic mass is 16.2. The first-order chi connectivity index (χ1) is 9.19. The average molecular weight is 260 g/mol. The fourth-order valence-corrected chi connectivity index (χ4v) is 1.75.